The maximum Gasteiger partial charge on any atom is 0.0937 e. The number of aromatic nitrogens is 1. The highest BCUT2D eigenvalue weighted by molar-refractivity contribution is 7.09. The van der Waals surface area contributed by atoms with Gasteiger partial charge in [-0.25, -0.2) is 4.98 Å². The second kappa shape index (κ2) is 6.33. The lowest BCUT2D eigenvalue weighted by atomic mass is 9.90. The predicted molar refractivity (Wildman–Crippen MR) is 82.7 cm³/mol. The van der Waals surface area contributed by atoms with E-state index in [9.17, 15) is 0 Å². The van der Waals surface area contributed by atoms with Crippen LogP contribution in [0.3, 0.4) is 0 Å². The molecule has 4 heteroatoms. The Morgan fingerprint density at radius 3 is 2.95 bits per heavy atom. The first kappa shape index (κ1) is 14.9. The van der Waals surface area contributed by atoms with Gasteiger partial charge in [-0.2, -0.15) is 0 Å². The number of piperazine rings is 1. The molecule has 2 rings (SSSR count). The highest BCUT2D eigenvalue weighted by Gasteiger charge is 2.35. The Hall–Kier alpha value is -0.450. The Morgan fingerprint density at radius 2 is 2.37 bits per heavy atom. The highest BCUT2D eigenvalue weighted by atomic mass is 32.1. The van der Waals surface area contributed by atoms with Crippen LogP contribution < -0.4 is 5.32 Å². The number of nitrogens with one attached hydrogen (secondary N) is 1. The molecule has 0 radical (unpaired) electrons. The summed E-state index contributed by atoms with van der Waals surface area (Å²) in [5, 5.41) is 7.08. The SMILES string of the molecule is CCC1(C)CN(CCc2nccs2)C(C(C)C)CN1. The van der Waals surface area contributed by atoms with Gasteiger partial charge in [0.15, 0.2) is 0 Å². The lowest BCUT2D eigenvalue weighted by molar-refractivity contribution is 0.0613. The zero-order valence-electron chi connectivity index (χ0n) is 12.6. The molecular formula is C15H27N3S. The van der Waals surface area contributed by atoms with Crippen molar-refractivity contribution in [1.29, 1.82) is 0 Å². The third kappa shape index (κ3) is 3.77. The summed E-state index contributed by atoms with van der Waals surface area (Å²) in [5.74, 6) is 0.699. The van der Waals surface area contributed by atoms with Crippen molar-refractivity contribution in [1.82, 2.24) is 15.2 Å². The van der Waals surface area contributed by atoms with E-state index in [2.05, 4.69) is 48.3 Å². The molecule has 19 heavy (non-hydrogen) atoms. The van der Waals surface area contributed by atoms with E-state index in [0.717, 1.165) is 26.1 Å². The van der Waals surface area contributed by atoms with E-state index in [1.54, 1.807) is 11.3 Å². The lowest BCUT2D eigenvalue weighted by Gasteiger charge is -2.47. The van der Waals surface area contributed by atoms with Gasteiger partial charge in [0.25, 0.3) is 0 Å². The fraction of sp³-hybridized carbons (Fsp3) is 0.800. The van der Waals surface area contributed by atoms with Crippen molar-refractivity contribution in [2.24, 2.45) is 5.92 Å². The van der Waals surface area contributed by atoms with E-state index in [-0.39, 0.29) is 5.54 Å². The van der Waals surface area contributed by atoms with Gasteiger partial charge in [-0.05, 0) is 19.3 Å². The summed E-state index contributed by atoms with van der Waals surface area (Å²) < 4.78 is 0. The molecule has 108 valence electrons. The van der Waals surface area contributed by atoms with Gasteiger partial charge in [-0.3, -0.25) is 4.90 Å². The smallest absolute Gasteiger partial charge is 0.0937 e. The van der Waals surface area contributed by atoms with Crippen LogP contribution in [0.4, 0.5) is 0 Å². The predicted octanol–water partition coefficient (Wildman–Crippen LogP) is 2.78. The summed E-state index contributed by atoms with van der Waals surface area (Å²) in [6.07, 6.45) is 4.18. The Balaban J connectivity index is 1.99. The molecule has 1 fully saturated rings. The topological polar surface area (TPSA) is 28.2 Å². The fourth-order valence-electron chi connectivity index (χ4n) is 2.86. The molecule has 0 aliphatic carbocycles. The second-order valence-electron chi connectivity index (χ2n) is 6.25. The molecule has 0 amide bonds. The van der Waals surface area contributed by atoms with Crippen molar-refractivity contribution >= 4 is 11.3 Å². The van der Waals surface area contributed by atoms with Crippen LogP contribution in [0.25, 0.3) is 0 Å². The number of hydrogen-bond donors (Lipinski definition) is 1. The van der Waals surface area contributed by atoms with Gasteiger partial charge >= 0.3 is 0 Å². The minimum atomic E-state index is 0.272. The van der Waals surface area contributed by atoms with E-state index < -0.39 is 0 Å². The normalized spacial score (nSPS) is 29.0. The average molecular weight is 281 g/mol. The maximum atomic E-state index is 4.40. The molecule has 2 unspecified atom stereocenters. The van der Waals surface area contributed by atoms with Crippen LogP contribution >= 0.6 is 11.3 Å². The standard InChI is InChI=1S/C15H27N3S/c1-5-15(4)11-18(13(10-17-15)12(2)3)8-6-14-16-7-9-19-14/h7,9,12-13,17H,5-6,8,10-11H2,1-4H3. The number of rotatable bonds is 5. The van der Waals surface area contributed by atoms with Crippen molar-refractivity contribution < 1.29 is 0 Å². The van der Waals surface area contributed by atoms with E-state index in [0.29, 0.717) is 12.0 Å². The number of thiazole rings is 1. The highest BCUT2D eigenvalue weighted by Crippen LogP contribution is 2.23. The van der Waals surface area contributed by atoms with Gasteiger partial charge in [-0.1, -0.05) is 20.8 Å². The summed E-state index contributed by atoms with van der Waals surface area (Å²) in [6.45, 7) is 12.7. The minimum Gasteiger partial charge on any atom is -0.309 e. The van der Waals surface area contributed by atoms with E-state index in [1.165, 1.54) is 11.4 Å². The summed E-state index contributed by atoms with van der Waals surface area (Å²) in [7, 11) is 0. The van der Waals surface area contributed by atoms with Gasteiger partial charge in [0.1, 0.15) is 0 Å². The molecule has 0 saturated carbocycles. The molecule has 1 N–H and O–H groups in total. The lowest BCUT2D eigenvalue weighted by Crippen LogP contribution is -2.64. The van der Waals surface area contributed by atoms with Crippen LogP contribution in [0.2, 0.25) is 0 Å². The average Bonchev–Trinajstić information content (AvgIpc) is 2.89. The second-order valence-corrected chi connectivity index (χ2v) is 7.23. The Labute approximate surface area is 121 Å². The zero-order chi connectivity index (χ0) is 13.9. The Bertz CT molecular complexity index is 377. The quantitative estimate of drug-likeness (QED) is 0.899. The molecule has 3 nitrogen and oxygen atoms in total. The monoisotopic (exact) mass is 281 g/mol. The summed E-state index contributed by atoms with van der Waals surface area (Å²) in [5.41, 5.74) is 0.272. The van der Waals surface area contributed by atoms with Crippen LogP contribution in [0.1, 0.15) is 39.1 Å². The van der Waals surface area contributed by atoms with Gasteiger partial charge in [0.05, 0.1) is 5.01 Å². The zero-order valence-corrected chi connectivity index (χ0v) is 13.5. The van der Waals surface area contributed by atoms with Crippen LogP contribution in [0.15, 0.2) is 11.6 Å². The Morgan fingerprint density at radius 1 is 1.58 bits per heavy atom. The van der Waals surface area contributed by atoms with Crippen LogP contribution in [-0.4, -0.2) is 41.1 Å². The van der Waals surface area contributed by atoms with E-state index in [1.807, 2.05) is 6.20 Å². The summed E-state index contributed by atoms with van der Waals surface area (Å²) in [6, 6.07) is 0.652. The van der Waals surface area contributed by atoms with Crippen molar-refractivity contribution in [3.63, 3.8) is 0 Å². The van der Waals surface area contributed by atoms with Gasteiger partial charge in [-0.15, -0.1) is 11.3 Å². The van der Waals surface area contributed by atoms with Crippen molar-refractivity contribution in [3.05, 3.63) is 16.6 Å². The van der Waals surface area contributed by atoms with Crippen molar-refractivity contribution in [2.45, 2.75) is 52.1 Å². The molecule has 2 heterocycles. The molecule has 1 aromatic heterocycles. The largest absolute Gasteiger partial charge is 0.309 e. The van der Waals surface area contributed by atoms with Gasteiger partial charge < -0.3 is 5.32 Å². The fourth-order valence-corrected chi connectivity index (χ4v) is 3.47. The van der Waals surface area contributed by atoms with Gasteiger partial charge in [0.2, 0.25) is 0 Å². The van der Waals surface area contributed by atoms with Crippen molar-refractivity contribution in [3.8, 4) is 0 Å². The molecule has 2 atom stereocenters. The summed E-state index contributed by atoms with van der Waals surface area (Å²) in [4.78, 5) is 7.08. The molecule has 0 spiro atoms. The van der Waals surface area contributed by atoms with Crippen molar-refractivity contribution in [2.75, 3.05) is 19.6 Å². The third-order valence-corrected chi connectivity index (χ3v) is 5.24. The molecule has 0 aromatic carbocycles. The van der Waals surface area contributed by atoms with Crippen LogP contribution in [0.5, 0.6) is 0 Å². The number of nitrogens with zero attached hydrogens (tertiary/aromatic N) is 2. The van der Waals surface area contributed by atoms with Crippen LogP contribution in [-0.2, 0) is 6.42 Å². The maximum absolute atomic E-state index is 4.40. The molecular weight excluding hydrogens is 254 g/mol. The molecule has 0 bridgehead atoms. The van der Waals surface area contributed by atoms with Crippen LogP contribution in [0, 0.1) is 5.92 Å². The van der Waals surface area contributed by atoms with E-state index >= 15 is 0 Å². The Kier molecular flexibility index (Phi) is 4.98. The first-order chi connectivity index (χ1) is 9.04. The first-order valence-electron chi connectivity index (χ1n) is 7.41. The third-order valence-electron chi connectivity index (χ3n) is 4.41. The molecule has 1 aliphatic heterocycles. The molecule has 1 saturated heterocycles. The number of hydrogen-bond acceptors (Lipinski definition) is 4. The van der Waals surface area contributed by atoms with E-state index in [4.69, 9.17) is 0 Å². The molecule has 1 aliphatic rings. The molecule has 1 aromatic rings. The first-order valence-corrected chi connectivity index (χ1v) is 8.29. The summed E-state index contributed by atoms with van der Waals surface area (Å²) >= 11 is 1.77. The van der Waals surface area contributed by atoms with Gasteiger partial charge in [0, 0.05) is 49.2 Å². The minimum absolute atomic E-state index is 0.272.